The molecule has 0 saturated heterocycles. The minimum absolute atomic E-state index is 0.0297. The summed E-state index contributed by atoms with van der Waals surface area (Å²) in [7, 11) is 0. The van der Waals surface area contributed by atoms with E-state index in [9.17, 15) is 9.90 Å². The van der Waals surface area contributed by atoms with Gasteiger partial charge in [-0.25, -0.2) is 0 Å². The zero-order chi connectivity index (χ0) is 14.5. The Bertz CT molecular complexity index is 481. The molecule has 0 radical (unpaired) electrons. The summed E-state index contributed by atoms with van der Waals surface area (Å²) in [6.07, 6.45) is 4.57. The number of hydrogen-bond donors (Lipinski definition) is 2. The Kier molecular flexibility index (Phi) is 6.29. The zero-order valence-electron chi connectivity index (χ0n) is 11.2. The molecule has 1 fully saturated rings. The minimum atomic E-state index is -0.0297. The molecule has 2 N–H and O–H groups in total. The molecule has 0 spiro atoms. The van der Waals surface area contributed by atoms with Crippen molar-refractivity contribution in [1.82, 2.24) is 5.32 Å². The van der Waals surface area contributed by atoms with Gasteiger partial charge < -0.3 is 10.4 Å². The Balaban J connectivity index is 1.96. The van der Waals surface area contributed by atoms with Crippen molar-refractivity contribution in [2.75, 3.05) is 13.2 Å². The van der Waals surface area contributed by atoms with Gasteiger partial charge in [0.15, 0.2) is 0 Å². The summed E-state index contributed by atoms with van der Waals surface area (Å²) in [5.74, 6) is 0.714. The van der Waals surface area contributed by atoms with Crippen LogP contribution in [0.5, 0.6) is 0 Å². The predicted molar refractivity (Wildman–Crippen MR) is 91.7 cm³/mol. The van der Waals surface area contributed by atoms with Crippen molar-refractivity contribution in [3.05, 3.63) is 31.8 Å². The Labute approximate surface area is 141 Å². The van der Waals surface area contributed by atoms with Crippen LogP contribution in [0.15, 0.2) is 22.7 Å². The maximum absolute atomic E-state index is 12.3. The highest BCUT2D eigenvalue weighted by atomic mass is 127. The van der Waals surface area contributed by atoms with Crippen molar-refractivity contribution >= 4 is 44.4 Å². The first kappa shape index (κ1) is 16.2. The van der Waals surface area contributed by atoms with Gasteiger partial charge in [-0.3, -0.25) is 4.79 Å². The van der Waals surface area contributed by atoms with Crippen LogP contribution in [0.1, 0.15) is 36.0 Å². The largest absolute Gasteiger partial charge is 0.396 e. The Morgan fingerprint density at radius 2 is 2.05 bits per heavy atom. The molecule has 1 aliphatic rings. The van der Waals surface area contributed by atoms with E-state index in [0.717, 1.165) is 20.9 Å². The molecule has 2 unspecified atom stereocenters. The monoisotopic (exact) mass is 451 g/mol. The summed E-state index contributed by atoms with van der Waals surface area (Å²) >= 11 is 5.57. The zero-order valence-corrected chi connectivity index (χ0v) is 15.0. The highest BCUT2D eigenvalue weighted by molar-refractivity contribution is 14.1. The fourth-order valence-corrected chi connectivity index (χ4v) is 3.73. The van der Waals surface area contributed by atoms with E-state index in [2.05, 4.69) is 43.8 Å². The SMILES string of the molecule is O=C(NCC1CCCCC1CO)c1cc(Br)ccc1I. The van der Waals surface area contributed by atoms with Crippen LogP contribution in [0.4, 0.5) is 0 Å². The maximum Gasteiger partial charge on any atom is 0.252 e. The summed E-state index contributed by atoms with van der Waals surface area (Å²) in [5.41, 5.74) is 0.705. The summed E-state index contributed by atoms with van der Waals surface area (Å²) in [6.45, 7) is 0.890. The van der Waals surface area contributed by atoms with Crippen LogP contribution in [0.3, 0.4) is 0 Å². The van der Waals surface area contributed by atoms with E-state index in [1.54, 1.807) is 0 Å². The van der Waals surface area contributed by atoms with Gasteiger partial charge in [0.2, 0.25) is 0 Å². The van der Waals surface area contributed by atoms with Crippen LogP contribution in [0, 0.1) is 15.4 Å². The maximum atomic E-state index is 12.3. The number of nitrogens with one attached hydrogen (secondary N) is 1. The molecule has 0 bridgehead atoms. The molecular formula is C15H19BrINO2. The third kappa shape index (κ3) is 4.18. The minimum Gasteiger partial charge on any atom is -0.396 e. The second-order valence-electron chi connectivity index (χ2n) is 5.32. The molecule has 1 aromatic rings. The van der Waals surface area contributed by atoms with Crippen LogP contribution in [-0.2, 0) is 0 Å². The van der Waals surface area contributed by atoms with Crippen LogP contribution in [0.25, 0.3) is 0 Å². The molecule has 0 aromatic heterocycles. The fraction of sp³-hybridized carbons (Fsp3) is 0.533. The molecular weight excluding hydrogens is 433 g/mol. The van der Waals surface area contributed by atoms with Gasteiger partial charge in [-0.2, -0.15) is 0 Å². The number of aliphatic hydroxyl groups excluding tert-OH is 1. The lowest BCUT2D eigenvalue weighted by atomic mass is 9.79. The number of hydrogen-bond acceptors (Lipinski definition) is 2. The van der Waals surface area contributed by atoms with Crippen molar-refractivity contribution in [3.63, 3.8) is 0 Å². The van der Waals surface area contributed by atoms with E-state index >= 15 is 0 Å². The topological polar surface area (TPSA) is 49.3 Å². The molecule has 1 aromatic carbocycles. The standard InChI is InChI=1S/C15H19BrINO2/c16-12-5-6-14(17)13(7-12)15(20)18-8-10-3-1-2-4-11(10)9-19/h5-7,10-11,19H,1-4,8-9H2,(H,18,20). The first-order valence-electron chi connectivity index (χ1n) is 6.96. The molecule has 2 atom stereocenters. The molecule has 3 nitrogen and oxygen atoms in total. The average molecular weight is 452 g/mol. The van der Waals surface area contributed by atoms with Gasteiger partial charge in [0.1, 0.15) is 0 Å². The smallest absolute Gasteiger partial charge is 0.252 e. The third-order valence-electron chi connectivity index (χ3n) is 4.00. The summed E-state index contributed by atoms with van der Waals surface area (Å²) < 4.78 is 1.86. The number of aliphatic hydroxyl groups is 1. The quantitative estimate of drug-likeness (QED) is 0.687. The highest BCUT2D eigenvalue weighted by Gasteiger charge is 2.25. The molecule has 0 heterocycles. The van der Waals surface area contributed by atoms with Gasteiger partial charge >= 0.3 is 0 Å². The van der Waals surface area contributed by atoms with Crippen LogP contribution < -0.4 is 5.32 Å². The van der Waals surface area contributed by atoms with Gasteiger partial charge in [-0.1, -0.05) is 28.8 Å². The molecule has 2 rings (SSSR count). The van der Waals surface area contributed by atoms with Gasteiger partial charge in [-0.05, 0) is 65.5 Å². The second-order valence-corrected chi connectivity index (χ2v) is 7.40. The van der Waals surface area contributed by atoms with Crippen LogP contribution in [0.2, 0.25) is 0 Å². The molecule has 20 heavy (non-hydrogen) atoms. The number of carbonyl (C=O) groups excluding carboxylic acids is 1. The molecule has 110 valence electrons. The molecule has 1 saturated carbocycles. The van der Waals surface area contributed by atoms with E-state index in [1.165, 1.54) is 12.8 Å². The number of amides is 1. The lowest BCUT2D eigenvalue weighted by Crippen LogP contribution is -2.35. The Morgan fingerprint density at radius 1 is 1.35 bits per heavy atom. The summed E-state index contributed by atoms with van der Waals surface area (Å²) in [4.78, 5) is 12.3. The Hall–Kier alpha value is -0.140. The number of carbonyl (C=O) groups is 1. The highest BCUT2D eigenvalue weighted by Crippen LogP contribution is 2.29. The van der Waals surface area contributed by atoms with Crippen molar-refractivity contribution in [3.8, 4) is 0 Å². The van der Waals surface area contributed by atoms with E-state index in [4.69, 9.17) is 0 Å². The fourth-order valence-electron chi connectivity index (χ4n) is 2.78. The summed E-state index contributed by atoms with van der Waals surface area (Å²) in [6, 6.07) is 5.71. The van der Waals surface area contributed by atoms with Crippen LogP contribution >= 0.6 is 38.5 Å². The molecule has 0 aliphatic heterocycles. The summed E-state index contributed by atoms with van der Waals surface area (Å²) in [5, 5.41) is 12.4. The lowest BCUT2D eigenvalue weighted by molar-refractivity contribution is 0.0908. The number of rotatable bonds is 4. The van der Waals surface area contributed by atoms with Crippen molar-refractivity contribution in [2.24, 2.45) is 11.8 Å². The Morgan fingerprint density at radius 3 is 2.75 bits per heavy atom. The van der Waals surface area contributed by atoms with Gasteiger partial charge in [-0.15, -0.1) is 0 Å². The molecule has 1 amide bonds. The lowest BCUT2D eigenvalue weighted by Gasteiger charge is -2.30. The molecule has 1 aliphatic carbocycles. The third-order valence-corrected chi connectivity index (χ3v) is 5.43. The van der Waals surface area contributed by atoms with Crippen molar-refractivity contribution in [2.45, 2.75) is 25.7 Å². The van der Waals surface area contributed by atoms with Gasteiger partial charge in [0, 0.05) is 21.2 Å². The first-order chi connectivity index (χ1) is 9.61. The second kappa shape index (κ2) is 7.75. The van der Waals surface area contributed by atoms with E-state index in [0.29, 0.717) is 23.9 Å². The van der Waals surface area contributed by atoms with E-state index in [-0.39, 0.29) is 12.5 Å². The predicted octanol–water partition coefficient (Wildman–Crippen LogP) is 3.58. The first-order valence-corrected chi connectivity index (χ1v) is 8.83. The van der Waals surface area contributed by atoms with Crippen molar-refractivity contribution in [1.29, 1.82) is 0 Å². The number of halogens is 2. The number of benzene rings is 1. The normalized spacial score (nSPS) is 22.6. The van der Waals surface area contributed by atoms with Crippen LogP contribution in [-0.4, -0.2) is 24.2 Å². The molecule has 5 heteroatoms. The van der Waals surface area contributed by atoms with E-state index < -0.39 is 0 Å². The van der Waals surface area contributed by atoms with Crippen molar-refractivity contribution < 1.29 is 9.90 Å². The van der Waals surface area contributed by atoms with E-state index in [1.807, 2.05) is 18.2 Å². The van der Waals surface area contributed by atoms with Gasteiger partial charge in [0.25, 0.3) is 5.91 Å². The van der Waals surface area contributed by atoms with Gasteiger partial charge in [0.05, 0.1) is 5.56 Å². The average Bonchev–Trinajstić information content (AvgIpc) is 2.47.